The molecule has 4 rings (SSSR count). The minimum absolute atomic E-state index is 0.173. The molecule has 0 bridgehead atoms. The average Bonchev–Trinajstić information content (AvgIpc) is 3.39. The van der Waals surface area contributed by atoms with Crippen molar-refractivity contribution in [3.05, 3.63) is 42.4 Å². The normalized spacial score (nSPS) is 23.6. The van der Waals surface area contributed by atoms with Gasteiger partial charge in [-0.25, -0.2) is 4.68 Å². The number of aryl methyl sites for hydroxylation is 1. The summed E-state index contributed by atoms with van der Waals surface area (Å²) in [5.41, 5.74) is 3.59. The summed E-state index contributed by atoms with van der Waals surface area (Å²) < 4.78 is 1.80. The topological polar surface area (TPSA) is 88.4 Å². The second kappa shape index (κ2) is 7.56. The minimum atomic E-state index is 0.173. The lowest BCUT2D eigenvalue weighted by molar-refractivity contribution is 0.109. The summed E-state index contributed by atoms with van der Waals surface area (Å²) in [6.45, 7) is 8.95. The van der Waals surface area contributed by atoms with Crippen molar-refractivity contribution in [2.24, 2.45) is 5.92 Å². The summed E-state index contributed by atoms with van der Waals surface area (Å²) in [7, 11) is 0. The van der Waals surface area contributed by atoms with E-state index in [0.29, 0.717) is 5.92 Å². The number of benzene rings is 1. The van der Waals surface area contributed by atoms with E-state index in [1.807, 2.05) is 0 Å². The maximum atomic E-state index is 4.22. The number of tetrazole rings is 1. The first kappa shape index (κ1) is 17.8. The summed E-state index contributed by atoms with van der Waals surface area (Å²) >= 11 is 0. The van der Waals surface area contributed by atoms with E-state index in [9.17, 15) is 0 Å². The number of H-pyrrole nitrogens is 1. The zero-order valence-electron chi connectivity index (χ0n) is 15.9. The van der Waals surface area contributed by atoms with Crippen LogP contribution in [-0.4, -0.2) is 60.2 Å². The fourth-order valence-corrected chi connectivity index (χ4v) is 4.06. The van der Waals surface area contributed by atoms with Gasteiger partial charge in [0.1, 0.15) is 12.0 Å². The molecule has 1 saturated heterocycles. The summed E-state index contributed by atoms with van der Waals surface area (Å²) in [5, 5.41) is 22.2. The van der Waals surface area contributed by atoms with Gasteiger partial charge in [0.2, 0.25) is 0 Å². The minimum Gasteiger partial charge on any atom is -0.303 e. The molecule has 0 amide bonds. The second-order valence-electron chi connectivity index (χ2n) is 7.73. The summed E-state index contributed by atoms with van der Waals surface area (Å²) in [6.07, 6.45) is 5.67. The molecule has 27 heavy (non-hydrogen) atoms. The molecule has 2 atom stereocenters. The van der Waals surface area contributed by atoms with Crippen LogP contribution in [0.2, 0.25) is 0 Å². The monoisotopic (exact) mass is 366 g/mol. The third kappa shape index (κ3) is 3.75. The standard InChI is InChI=1S/C19H26N8/c1-15-13-26(8-4-9-27-14-21-24-25-27)10-7-19(15,2)17-6-3-5-16(11-17)18-12-20-23-22-18/h3,5-6,11-12,14-15H,4,7-10,13H2,1-2H3,(H,20,22,23). The average molecular weight is 366 g/mol. The molecule has 2 aromatic heterocycles. The van der Waals surface area contributed by atoms with Crippen LogP contribution in [-0.2, 0) is 12.0 Å². The molecule has 8 nitrogen and oxygen atoms in total. The quantitative estimate of drug-likeness (QED) is 0.719. The van der Waals surface area contributed by atoms with Crippen LogP contribution in [0.15, 0.2) is 36.8 Å². The van der Waals surface area contributed by atoms with Crippen LogP contribution in [0.25, 0.3) is 11.3 Å². The first-order valence-corrected chi connectivity index (χ1v) is 9.55. The van der Waals surface area contributed by atoms with Gasteiger partial charge in [0.25, 0.3) is 0 Å². The molecule has 0 aliphatic carbocycles. The van der Waals surface area contributed by atoms with Crippen LogP contribution in [0.4, 0.5) is 0 Å². The highest BCUT2D eigenvalue weighted by atomic mass is 15.5. The third-order valence-electron chi connectivity index (χ3n) is 6.05. The Bertz CT molecular complexity index is 844. The number of piperidine rings is 1. The maximum absolute atomic E-state index is 4.22. The number of nitrogens with zero attached hydrogens (tertiary/aromatic N) is 7. The van der Waals surface area contributed by atoms with Crippen molar-refractivity contribution in [2.45, 2.75) is 38.6 Å². The highest BCUT2D eigenvalue weighted by molar-refractivity contribution is 5.59. The van der Waals surface area contributed by atoms with E-state index in [-0.39, 0.29) is 5.41 Å². The zero-order chi connectivity index (χ0) is 18.7. The van der Waals surface area contributed by atoms with Crippen LogP contribution >= 0.6 is 0 Å². The zero-order valence-corrected chi connectivity index (χ0v) is 15.9. The van der Waals surface area contributed by atoms with Crippen molar-refractivity contribution < 1.29 is 0 Å². The number of aromatic amines is 1. The number of likely N-dealkylation sites (tertiary alicyclic amines) is 1. The van der Waals surface area contributed by atoms with Crippen molar-refractivity contribution in [3.8, 4) is 11.3 Å². The number of rotatable bonds is 6. The van der Waals surface area contributed by atoms with Gasteiger partial charge >= 0.3 is 0 Å². The van der Waals surface area contributed by atoms with Crippen LogP contribution in [0, 0.1) is 5.92 Å². The number of nitrogens with one attached hydrogen (secondary N) is 1. The molecule has 1 aliphatic heterocycles. The Balaban J connectivity index is 1.40. The van der Waals surface area contributed by atoms with Gasteiger partial charge in [-0.05, 0) is 59.3 Å². The lowest BCUT2D eigenvalue weighted by atomic mass is 9.67. The van der Waals surface area contributed by atoms with Gasteiger partial charge in [-0.2, -0.15) is 15.4 Å². The van der Waals surface area contributed by atoms with E-state index in [1.165, 1.54) is 5.56 Å². The Morgan fingerprint density at radius 2 is 2.22 bits per heavy atom. The maximum Gasteiger partial charge on any atom is 0.138 e. The van der Waals surface area contributed by atoms with E-state index < -0.39 is 0 Å². The van der Waals surface area contributed by atoms with Crippen LogP contribution in [0.1, 0.15) is 32.3 Å². The lowest BCUT2D eigenvalue weighted by Crippen LogP contribution is -2.47. The molecule has 8 heteroatoms. The van der Waals surface area contributed by atoms with E-state index in [0.717, 1.165) is 50.3 Å². The SMILES string of the molecule is CC1CN(CCCn2cnnn2)CCC1(C)c1cccc(-c2cn[nH]n2)c1. The molecule has 142 valence electrons. The first-order chi connectivity index (χ1) is 13.1. The Morgan fingerprint density at radius 3 is 2.96 bits per heavy atom. The molecule has 0 saturated carbocycles. The Morgan fingerprint density at radius 1 is 1.30 bits per heavy atom. The van der Waals surface area contributed by atoms with Gasteiger partial charge in [0.05, 0.1) is 6.20 Å². The molecule has 0 radical (unpaired) electrons. The highest BCUT2D eigenvalue weighted by Crippen LogP contribution is 2.40. The molecular formula is C19H26N8. The van der Waals surface area contributed by atoms with Crippen LogP contribution in [0.3, 0.4) is 0 Å². The van der Waals surface area contributed by atoms with E-state index in [2.05, 4.69) is 73.9 Å². The second-order valence-corrected chi connectivity index (χ2v) is 7.73. The molecule has 1 N–H and O–H groups in total. The molecule has 1 aliphatic rings. The van der Waals surface area contributed by atoms with Gasteiger partial charge in [0, 0.05) is 18.7 Å². The van der Waals surface area contributed by atoms with Gasteiger partial charge in [0.15, 0.2) is 0 Å². The largest absolute Gasteiger partial charge is 0.303 e. The molecule has 0 spiro atoms. The smallest absolute Gasteiger partial charge is 0.138 e. The van der Waals surface area contributed by atoms with E-state index >= 15 is 0 Å². The fraction of sp³-hybridized carbons (Fsp3) is 0.526. The van der Waals surface area contributed by atoms with E-state index in [4.69, 9.17) is 0 Å². The van der Waals surface area contributed by atoms with Crippen molar-refractivity contribution >= 4 is 0 Å². The molecular weight excluding hydrogens is 340 g/mol. The van der Waals surface area contributed by atoms with Crippen molar-refractivity contribution in [2.75, 3.05) is 19.6 Å². The predicted octanol–water partition coefficient (Wildman–Crippen LogP) is 2.15. The number of aromatic nitrogens is 7. The first-order valence-electron chi connectivity index (χ1n) is 9.55. The Hall–Kier alpha value is -2.61. The summed E-state index contributed by atoms with van der Waals surface area (Å²) in [6, 6.07) is 8.77. The van der Waals surface area contributed by atoms with Crippen LogP contribution in [0.5, 0.6) is 0 Å². The number of hydrogen-bond acceptors (Lipinski definition) is 6. The van der Waals surface area contributed by atoms with Crippen LogP contribution < -0.4 is 0 Å². The van der Waals surface area contributed by atoms with Crippen molar-refractivity contribution in [3.63, 3.8) is 0 Å². The Kier molecular flexibility index (Phi) is 4.98. The third-order valence-corrected chi connectivity index (χ3v) is 6.05. The fourth-order valence-electron chi connectivity index (χ4n) is 4.06. The summed E-state index contributed by atoms with van der Waals surface area (Å²) in [5.74, 6) is 0.576. The summed E-state index contributed by atoms with van der Waals surface area (Å²) in [4.78, 5) is 2.57. The van der Waals surface area contributed by atoms with Crippen molar-refractivity contribution in [1.29, 1.82) is 0 Å². The lowest BCUT2D eigenvalue weighted by Gasteiger charge is -2.45. The molecule has 3 heterocycles. The molecule has 1 aromatic carbocycles. The van der Waals surface area contributed by atoms with Gasteiger partial charge in [-0.3, -0.25) is 0 Å². The molecule has 2 unspecified atom stereocenters. The van der Waals surface area contributed by atoms with Gasteiger partial charge in [-0.1, -0.05) is 32.0 Å². The highest BCUT2D eigenvalue weighted by Gasteiger charge is 2.37. The van der Waals surface area contributed by atoms with Crippen molar-refractivity contribution in [1.82, 2.24) is 40.5 Å². The Labute approximate surface area is 159 Å². The van der Waals surface area contributed by atoms with Gasteiger partial charge < -0.3 is 4.90 Å². The van der Waals surface area contributed by atoms with E-state index in [1.54, 1.807) is 17.2 Å². The number of hydrogen-bond donors (Lipinski definition) is 1. The predicted molar refractivity (Wildman–Crippen MR) is 102 cm³/mol. The molecule has 3 aromatic rings. The van der Waals surface area contributed by atoms with Gasteiger partial charge in [-0.15, -0.1) is 5.10 Å². The molecule has 1 fully saturated rings.